The molecule has 16 heavy (non-hydrogen) atoms. The molecule has 0 aliphatic heterocycles. The van der Waals surface area contributed by atoms with Gasteiger partial charge in [0, 0.05) is 19.5 Å². The van der Waals surface area contributed by atoms with Crippen molar-refractivity contribution in [2.45, 2.75) is 12.0 Å². The number of carbonyl (C=O) groups is 3. The zero-order chi connectivity index (χ0) is 10.6. The van der Waals surface area contributed by atoms with Gasteiger partial charge in [-0.3, -0.25) is 0 Å². The molecule has 0 aromatic heterocycles. The van der Waals surface area contributed by atoms with Crippen LogP contribution in [0.3, 0.4) is 0 Å². The smallest absolute Gasteiger partial charge is 0.550 e. The minimum atomic E-state index is -2.99. The van der Waals surface area contributed by atoms with Gasteiger partial charge in [-0.2, -0.15) is 0 Å². The third kappa shape index (κ3) is 6.95. The van der Waals surface area contributed by atoms with E-state index in [0.29, 0.717) is 7.11 Å². The Labute approximate surface area is 158 Å². The van der Waals surface area contributed by atoms with E-state index < -0.39 is 29.9 Å². The summed E-state index contributed by atoms with van der Waals surface area (Å²) in [6, 6.07) is 0. The zero-order valence-corrected chi connectivity index (χ0v) is 15.6. The molecule has 0 radical (unpaired) electrons. The molecule has 7 nitrogen and oxygen atoms in total. The van der Waals surface area contributed by atoms with Crippen molar-refractivity contribution in [2.24, 2.45) is 0 Å². The van der Waals surface area contributed by atoms with Crippen LogP contribution in [0.2, 0.25) is 0 Å². The maximum atomic E-state index is 10.3. The second-order valence-electron chi connectivity index (χ2n) is 2.15. The van der Waals surface area contributed by atoms with Crippen molar-refractivity contribution in [2.75, 3.05) is 7.11 Å². The van der Waals surface area contributed by atoms with Crippen LogP contribution in [-0.2, 0) is 19.1 Å². The van der Waals surface area contributed by atoms with Crippen molar-refractivity contribution < 1.29 is 123 Å². The molecule has 0 spiro atoms. The van der Waals surface area contributed by atoms with E-state index in [1.54, 1.807) is 0 Å². The fourth-order valence-corrected chi connectivity index (χ4v) is 0.670. The van der Waals surface area contributed by atoms with Crippen molar-refractivity contribution in [3.8, 4) is 0 Å². The number of hydrogen-bond acceptors (Lipinski definition) is 7. The molecule has 10 heteroatoms. The summed E-state index contributed by atoms with van der Waals surface area (Å²) in [4.78, 5) is 30.6. The van der Waals surface area contributed by atoms with Gasteiger partial charge in [-0.1, -0.05) is 0 Å². The van der Waals surface area contributed by atoms with Gasteiger partial charge in [-0.05, 0) is 0 Å². The first-order valence-electron chi connectivity index (χ1n) is 3.04. The molecule has 0 saturated heterocycles. The Morgan fingerprint density at radius 1 is 1.00 bits per heavy atom. The predicted molar refractivity (Wildman–Crippen MR) is 29.4 cm³/mol. The molecule has 0 heterocycles. The Morgan fingerprint density at radius 3 is 1.38 bits per heavy atom. The summed E-state index contributed by atoms with van der Waals surface area (Å²) < 4.78 is 4.03. The van der Waals surface area contributed by atoms with Gasteiger partial charge in [-0.25, -0.2) is 0 Å². The first kappa shape index (κ1) is 26.0. The van der Waals surface area contributed by atoms with Crippen LogP contribution in [-0.4, -0.2) is 30.6 Å². The van der Waals surface area contributed by atoms with E-state index in [2.05, 4.69) is 4.74 Å². The molecule has 0 N–H and O–H groups in total. The number of ether oxygens (including phenoxy) is 1. The molecule has 0 aliphatic carbocycles. The van der Waals surface area contributed by atoms with E-state index in [9.17, 15) is 29.7 Å². The second-order valence-corrected chi connectivity index (χ2v) is 2.15. The van der Waals surface area contributed by atoms with Gasteiger partial charge in [0.2, 0.25) is 0 Å². The fourth-order valence-electron chi connectivity index (χ4n) is 0.670. The van der Waals surface area contributed by atoms with E-state index in [4.69, 9.17) is 0 Å². The number of hydrogen-bond donors (Lipinski definition) is 0. The van der Waals surface area contributed by atoms with E-state index >= 15 is 0 Å². The van der Waals surface area contributed by atoms with Crippen molar-refractivity contribution in [1.82, 2.24) is 0 Å². The summed E-state index contributed by atoms with van der Waals surface area (Å²) in [6.45, 7) is 0. The fraction of sp³-hybridized carbons (Fsp3) is 0.500. The maximum absolute atomic E-state index is 10.3. The van der Waals surface area contributed by atoms with Crippen LogP contribution in [0.4, 0.5) is 0 Å². The third-order valence-electron chi connectivity index (χ3n) is 1.40. The van der Waals surface area contributed by atoms with E-state index in [1.165, 1.54) is 0 Å². The zero-order valence-electron chi connectivity index (χ0n) is 9.56. The van der Waals surface area contributed by atoms with Gasteiger partial charge in [0.05, 0.1) is 11.9 Å². The Balaban J connectivity index is -0.000000240. The number of carboxylic acids is 3. The molecule has 0 rings (SSSR count). The minimum absolute atomic E-state index is 0. The van der Waals surface area contributed by atoms with Crippen LogP contribution >= 0.6 is 0 Å². The molecule has 0 aromatic rings. The molecule has 0 amide bonds. The summed E-state index contributed by atoms with van der Waals surface area (Å²) in [5.41, 5.74) is -2.99. The standard InChI is InChI=1S/C6H8O7.3Na/c1-13-6(4(9)10,5(11)12)2-3(7)8;;;/h2H2,1H3,(H,7,8)(H,9,10)(H,11,12);;;/q;3*+1/p-3. The van der Waals surface area contributed by atoms with Crippen LogP contribution < -0.4 is 104 Å². The third-order valence-corrected chi connectivity index (χ3v) is 1.40. The molecule has 0 atom stereocenters. The van der Waals surface area contributed by atoms with Crippen LogP contribution in [0.25, 0.3) is 0 Å². The average Bonchev–Trinajstić information content (AvgIpc) is 1.98. The summed E-state index contributed by atoms with van der Waals surface area (Å²) in [7, 11) is 0.717. The topological polar surface area (TPSA) is 130 Å². The van der Waals surface area contributed by atoms with Gasteiger partial charge in [0.1, 0.15) is 0 Å². The van der Waals surface area contributed by atoms with Crippen LogP contribution in [0.5, 0.6) is 0 Å². The normalized spacial score (nSPS) is 8.81. The van der Waals surface area contributed by atoms with E-state index in [0.717, 1.165) is 0 Å². The van der Waals surface area contributed by atoms with Gasteiger partial charge in [-0.15, -0.1) is 0 Å². The molecule has 74 valence electrons. The Bertz CT molecular complexity index is 241. The van der Waals surface area contributed by atoms with Crippen molar-refractivity contribution in [3.05, 3.63) is 0 Å². The van der Waals surface area contributed by atoms with Crippen LogP contribution in [0.15, 0.2) is 0 Å². The Morgan fingerprint density at radius 2 is 1.31 bits per heavy atom. The molecule has 0 aliphatic rings. The van der Waals surface area contributed by atoms with E-state index in [-0.39, 0.29) is 88.7 Å². The summed E-state index contributed by atoms with van der Waals surface area (Å²) >= 11 is 0. The summed E-state index contributed by atoms with van der Waals surface area (Å²) in [6.07, 6.45) is -1.37. The van der Waals surface area contributed by atoms with Crippen molar-refractivity contribution in [3.63, 3.8) is 0 Å². The summed E-state index contributed by atoms with van der Waals surface area (Å²) in [5.74, 6) is -6.28. The SMILES string of the molecule is COC(CC(=O)[O-])(C(=O)[O-])C(=O)[O-].[Na+].[Na+].[Na+]. The predicted octanol–water partition coefficient (Wildman–Crippen LogP) is -14.0. The number of aliphatic carboxylic acids is 3. The van der Waals surface area contributed by atoms with Crippen molar-refractivity contribution in [1.29, 1.82) is 0 Å². The molecule has 0 fully saturated rings. The number of rotatable bonds is 5. The van der Waals surface area contributed by atoms with Gasteiger partial charge < -0.3 is 34.4 Å². The summed E-state index contributed by atoms with van der Waals surface area (Å²) in [5, 5.41) is 30.6. The quantitative estimate of drug-likeness (QED) is 0.353. The largest absolute Gasteiger partial charge is 1.00 e. The Hall–Kier alpha value is 1.37. The number of methoxy groups -OCH3 is 1. The van der Waals surface area contributed by atoms with E-state index in [1.807, 2.05) is 0 Å². The first-order valence-corrected chi connectivity index (χ1v) is 3.04. The van der Waals surface area contributed by atoms with Gasteiger partial charge in [0.25, 0.3) is 0 Å². The number of carbonyl (C=O) groups excluding carboxylic acids is 3. The van der Waals surface area contributed by atoms with Gasteiger partial charge in [0.15, 0.2) is 5.60 Å². The molecular weight excluding hydrogens is 253 g/mol. The molecule has 0 saturated carbocycles. The molecule has 0 unspecified atom stereocenters. The maximum Gasteiger partial charge on any atom is 1.00 e. The number of carboxylic acid groups (broad SMARTS) is 3. The molecular formula is C6H5Na3O7. The minimum Gasteiger partial charge on any atom is -0.550 e. The Kier molecular flexibility index (Phi) is 18.7. The van der Waals surface area contributed by atoms with Crippen LogP contribution in [0.1, 0.15) is 6.42 Å². The van der Waals surface area contributed by atoms with Crippen LogP contribution in [0, 0.1) is 0 Å². The average molecular weight is 258 g/mol. The molecule has 0 aromatic carbocycles. The second kappa shape index (κ2) is 11.5. The first-order chi connectivity index (χ1) is 5.86. The monoisotopic (exact) mass is 258 g/mol. The van der Waals surface area contributed by atoms with Crippen molar-refractivity contribution >= 4 is 17.9 Å². The van der Waals surface area contributed by atoms with Gasteiger partial charge >= 0.3 is 88.7 Å². The molecule has 0 bridgehead atoms.